The highest BCUT2D eigenvalue weighted by atomic mass is 32.2. The van der Waals surface area contributed by atoms with Crippen LogP contribution >= 0.6 is 0 Å². The zero-order chi connectivity index (χ0) is 15.6. The van der Waals surface area contributed by atoms with Crippen molar-refractivity contribution in [1.29, 1.82) is 0 Å². The van der Waals surface area contributed by atoms with Gasteiger partial charge in [-0.05, 0) is 24.5 Å². The van der Waals surface area contributed by atoms with Crippen LogP contribution in [-0.4, -0.2) is 55.6 Å². The molecule has 1 aromatic heterocycles. The Morgan fingerprint density at radius 2 is 2.10 bits per heavy atom. The first-order chi connectivity index (χ1) is 9.77. The Labute approximate surface area is 121 Å². The first-order valence-electron chi connectivity index (χ1n) is 6.34. The summed E-state index contributed by atoms with van der Waals surface area (Å²) in [6.45, 7) is 1.13. The molecule has 0 aliphatic carbocycles. The van der Waals surface area contributed by atoms with E-state index in [4.69, 9.17) is 9.52 Å². The average Bonchev–Trinajstić information content (AvgIpc) is 3.04. The molecule has 1 saturated heterocycles. The Bertz CT molecular complexity index is 650. The average molecular weight is 316 g/mol. The highest BCUT2D eigenvalue weighted by Gasteiger charge is 2.28. The van der Waals surface area contributed by atoms with Gasteiger partial charge < -0.3 is 14.8 Å². The fourth-order valence-corrected chi connectivity index (χ4v) is 3.08. The molecule has 116 valence electrons. The molecule has 0 spiro atoms. The quantitative estimate of drug-likeness (QED) is 0.789. The third-order valence-corrected chi connectivity index (χ3v) is 4.58. The molecular weight excluding hydrogens is 300 g/mol. The summed E-state index contributed by atoms with van der Waals surface area (Å²) in [5.74, 6) is -2.10. The zero-order valence-electron chi connectivity index (χ0n) is 11.4. The molecule has 8 nitrogen and oxygen atoms in total. The Balaban J connectivity index is 1.86. The zero-order valence-corrected chi connectivity index (χ0v) is 12.2. The summed E-state index contributed by atoms with van der Waals surface area (Å²) in [4.78, 5) is 22.4. The summed E-state index contributed by atoms with van der Waals surface area (Å²) >= 11 is 0. The van der Waals surface area contributed by atoms with Crippen LogP contribution in [0.15, 0.2) is 16.5 Å². The number of carbonyl (C=O) groups excluding carboxylic acids is 1. The maximum absolute atomic E-state index is 11.8. The van der Waals surface area contributed by atoms with Crippen molar-refractivity contribution in [2.24, 2.45) is 5.92 Å². The first kappa shape index (κ1) is 15.5. The van der Waals surface area contributed by atoms with E-state index in [0.29, 0.717) is 26.1 Å². The summed E-state index contributed by atoms with van der Waals surface area (Å²) in [7, 11) is -3.20. The lowest BCUT2D eigenvalue weighted by atomic mass is 10.1. The molecule has 0 bridgehead atoms. The van der Waals surface area contributed by atoms with Crippen LogP contribution in [0.5, 0.6) is 0 Å². The monoisotopic (exact) mass is 316 g/mol. The topological polar surface area (TPSA) is 117 Å². The van der Waals surface area contributed by atoms with Gasteiger partial charge in [-0.2, -0.15) is 0 Å². The van der Waals surface area contributed by atoms with E-state index in [0.717, 1.165) is 6.26 Å². The van der Waals surface area contributed by atoms with E-state index < -0.39 is 21.9 Å². The molecule has 1 fully saturated rings. The van der Waals surface area contributed by atoms with Gasteiger partial charge in [-0.15, -0.1) is 0 Å². The summed E-state index contributed by atoms with van der Waals surface area (Å²) in [6.07, 6.45) is 1.83. The molecule has 0 saturated carbocycles. The van der Waals surface area contributed by atoms with E-state index >= 15 is 0 Å². The van der Waals surface area contributed by atoms with Crippen molar-refractivity contribution in [2.45, 2.75) is 6.42 Å². The van der Waals surface area contributed by atoms with Crippen molar-refractivity contribution >= 4 is 21.9 Å². The first-order valence-corrected chi connectivity index (χ1v) is 8.18. The number of nitrogens with zero attached hydrogens (tertiary/aromatic N) is 1. The summed E-state index contributed by atoms with van der Waals surface area (Å²) < 4.78 is 29.0. The van der Waals surface area contributed by atoms with E-state index in [1.165, 1.54) is 16.4 Å². The number of carbonyl (C=O) groups is 2. The number of hydrogen-bond donors (Lipinski definition) is 2. The van der Waals surface area contributed by atoms with Crippen LogP contribution in [0.1, 0.15) is 27.5 Å². The lowest BCUT2D eigenvalue weighted by molar-refractivity contribution is 0.0659. The van der Waals surface area contributed by atoms with Crippen LogP contribution in [0.25, 0.3) is 0 Å². The molecular formula is C12H16N2O6S. The van der Waals surface area contributed by atoms with Crippen LogP contribution in [0.2, 0.25) is 0 Å². The van der Waals surface area contributed by atoms with Gasteiger partial charge in [0.2, 0.25) is 15.8 Å². The van der Waals surface area contributed by atoms with Gasteiger partial charge in [0.1, 0.15) is 0 Å². The summed E-state index contributed by atoms with van der Waals surface area (Å²) in [5, 5.41) is 11.3. The molecule has 21 heavy (non-hydrogen) atoms. The predicted octanol–water partition coefficient (Wildman–Crippen LogP) is -0.0109. The molecule has 2 rings (SSSR count). The highest BCUT2D eigenvalue weighted by Crippen LogP contribution is 2.18. The third kappa shape index (κ3) is 3.82. The lowest BCUT2D eigenvalue weighted by Gasteiger charge is -2.13. The largest absolute Gasteiger partial charge is 0.475 e. The Morgan fingerprint density at radius 3 is 2.62 bits per heavy atom. The fraction of sp³-hybridized carbons (Fsp3) is 0.500. The maximum atomic E-state index is 11.8. The van der Waals surface area contributed by atoms with Crippen molar-refractivity contribution in [3.05, 3.63) is 23.7 Å². The van der Waals surface area contributed by atoms with E-state index in [9.17, 15) is 18.0 Å². The number of amides is 1. The second kappa shape index (κ2) is 5.86. The summed E-state index contributed by atoms with van der Waals surface area (Å²) in [5.41, 5.74) is 0. The number of nitrogens with one attached hydrogen (secondary N) is 1. The number of hydrogen-bond acceptors (Lipinski definition) is 5. The molecule has 1 aliphatic rings. The van der Waals surface area contributed by atoms with Gasteiger partial charge in [-0.1, -0.05) is 0 Å². The van der Waals surface area contributed by atoms with Gasteiger partial charge in [0.15, 0.2) is 5.76 Å². The standard InChI is InChI=1S/C12H16N2O6S/c1-21(18,19)14-5-4-8(7-14)6-13-11(15)9-2-3-10(20-9)12(16)17/h2-3,8H,4-7H2,1H3,(H,13,15)(H,16,17). The van der Waals surface area contributed by atoms with Crippen LogP contribution in [0.4, 0.5) is 0 Å². The van der Waals surface area contributed by atoms with Crippen molar-refractivity contribution in [3.8, 4) is 0 Å². The minimum atomic E-state index is -3.20. The predicted molar refractivity (Wildman–Crippen MR) is 72.5 cm³/mol. The number of rotatable bonds is 5. The lowest BCUT2D eigenvalue weighted by Crippen LogP contribution is -2.32. The third-order valence-electron chi connectivity index (χ3n) is 3.31. The second-order valence-corrected chi connectivity index (χ2v) is 6.94. The molecule has 1 aromatic rings. The normalized spacial score (nSPS) is 19.6. The second-order valence-electron chi connectivity index (χ2n) is 4.95. The minimum absolute atomic E-state index is 0.0394. The van der Waals surface area contributed by atoms with Crippen molar-refractivity contribution in [3.63, 3.8) is 0 Å². The van der Waals surface area contributed by atoms with E-state index in [1.54, 1.807) is 0 Å². The molecule has 9 heteroatoms. The number of carboxylic acids is 1. The van der Waals surface area contributed by atoms with Crippen molar-refractivity contribution < 1.29 is 27.5 Å². The Kier molecular flexibility index (Phi) is 4.33. The van der Waals surface area contributed by atoms with Crippen LogP contribution in [0.3, 0.4) is 0 Å². The number of furan rings is 1. The van der Waals surface area contributed by atoms with Gasteiger partial charge in [0.25, 0.3) is 5.91 Å². The van der Waals surface area contributed by atoms with E-state index in [1.807, 2.05) is 0 Å². The fourth-order valence-electron chi connectivity index (χ4n) is 2.16. The molecule has 1 amide bonds. The summed E-state index contributed by atoms with van der Waals surface area (Å²) in [6, 6.07) is 2.49. The van der Waals surface area contributed by atoms with E-state index in [2.05, 4.69) is 5.32 Å². The molecule has 1 atom stereocenters. The van der Waals surface area contributed by atoms with Crippen LogP contribution in [-0.2, 0) is 10.0 Å². The Morgan fingerprint density at radius 1 is 1.43 bits per heavy atom. The Hall–Kier alpha value is -1.87. The number of sulfonamides is 1. The van der Waals surface area contributed by atoms with Gasteiger partial charge in [0.05, 0.1) is 6.26 Å². The van der Waals surface area contributed by atoms with Crippen molar-refractivity contribution in [1.82, 2.24) is 9.62 Å². The molecule has 0 radical (unpaired) electrons. The van der Waals surface area contributed by atoms with Gasteiger partial charge in [0, 0.05) is 19.6 Å². The van der Waals surface area contributed by atoms with Gasteiger partial charge in [-0.25, -0.2) is 17.5 Å². The van der Waals surface area contributed by atoms with Crippen LogP contribution < -0.4 is 5.32 Å². The SMILES string of the molecule is CS(=O)(=O)N1CCC(CNC(=O)c2ccc(C(=O)O)o2)C1. The smallest absolute Gasteiger partial charge is 0.371 e. The molecule has 2 N–H and O–H groups in total. The molecule has 1 unspecified atom stereocenters. The van der Waals surface area contributed by atoms with Gasteiger partial charge >= 0.3 is 5.97 Å². The molecule has 0 aromatic carbocycles. The molecule has 2 heterocycles. The number of aromatic carboxylic acids is 1. The van der Waals surface area contributed by atoms with E-state index in [-0.39, 0.29) is 17.4 Å². The van der Waals surface area contributed by atoms with Crippen LogP contribution in [0, 0.1) is 5.92 Å². The van der Waals surface area contributed by atoms with Gasteiger partial charge in [-0.3, -0.25) is 4.79 Å². The minimum Gasteiger partial charge on any atom is -0.475 e. The maximum Gasteiger partial charge on any atom is 0.371 e. The number of carboxylic acid groups (broad SMARTS) is 1. The molecule has 1 aliphatic heterocycles. The highest BCUT2D eigenvalue weighted by molar-refractivity contribution is 7.88. The van der Waals surface area contributed by atoms with Crippen molar-refractivity contribution in [2.75, 3.05) is 25.9 Å².